The molecule has 0 aliphatic heterocycles. The first-order valence-corrected chi connectivity index (χ1v) is 24.6. The summed E-state index contributed by atoms with van der Waals surface area (Å²) in [5.41, 5.74) is 8.66. The largest absolute Gasteiger partial charge is 0.604 e. The third kappa shape index (κ3) is 12.0. The molecule has 0 atom stereocenters. The molecule has 14 heteroatoms. The van der Waals surface area contributed by atoms with Gasteiger partial charge in [0.05, 0.1) is 0 Å². The molecule has 0 aliphatic carbocycles. The lowest BCUT2D eigenvalue weighted by Gasteiger charge is -2.27. The Labute approximate surface area is 382 Å². The second-order valence-electron chi connectivity index (χ2n) is 16.0. The van der Waals surface area contributed by atoms with E-state index in [1.165, 1.54) is 0 Å². The highest BCUT2D eigenvalue weighted by Gasteiger charge is 2.37. The first-order chi connectivity index (χ1) is 31.1. The highest BCUT2D eigenvalue weighted by molar-refractivity contribution is 7.49. The van der Waals surface area contributed by atoms with Crippen LogP contribution in [-0.2, 0) is 58.9 Å². The van der Waals surface area contributed by atoms with E-state index in [4.69, 9.17) is 47.3 Å². The van der Waals surface area contributed by atoms with Crippen LogP contribution < -0.4 is 28.6 Å². The van der Waals surface area contributed by atoms with Gasteiger partial charge in [-0.25, -0.2) is 9.13 Å². The molecule has 6 aromatic carbocycles. The van der Waals surface area contributed by atoms with E-state index >= 15 is 0 Å². The number of hydrogen-bond acceptors (Lipinski definition) is 12. The monoisotopic (exact) mass is 924 g/mol. The Hall–Kier alpha value is -5.58. The van der Waals surface area contributed by atoms with Crippen LogP contribution in [0.5, 0.6) is 34.5 Å². The Morgan fingerprint density at radius 3 is 0.862 bits per heavy atom. The molecule has 6 aromatic rings. The SMILES string of the molecule is CCc1c(C)cccc1OOP(=O)(OOc1cccc(C)c1CC)Oc1ccc(C(C)(C)c2ccc(OP(=O)(OOc3cccc(C)c3CC)OOc3cccc(C)c3CC)cc2)cc1. The predicted octanol–water partition coefficient (Wildman–Crippen LogP) is 14.5. The lowest BCUT2D eigenvalue weighted by molar-refractivity contribution is -0.186. The normalized spacial score (nSPS) is 11.8. The standard InChI is InChI=1S/C51H58O12P2/c1-11-43-35(5)19-15-23-47(43)54-60-64(52,61-55-48-24-16-20-36(6)44(48)12-2)58-41-31-27-39(28-32-41)51(9,10)40-29-33-42(34-30-40)59-65(53,62-56-49-25-17-21-37(7)45(49)13-3)63-57-50-26-18-22-38(8)46(50)14-4/h15-34H,11-14H2,1-10H3. The van der Waals surface area contributed by atoms with Gasteiger partial charge in [-0.05, 0) is 135 Å². The topological polar surface area (TPSA) is 126 Å². The quantitative estimate of drug-likeness (QED) is 0.0365. The zero-order valence-electron chi connectivity index (χ0n) is 38.7. The second kappa shape index (κ2) is 21.6. The smallest absolute Gasteiger partial charge is 0.400 e. The summed E-state index contributed by atoms with van der Waals surface area (Å²) in [5, 5.41) is 0. The van der Waals surface area contributed by atoms with Crippen molar-refractivity contribution in [1.82, 2.24) is 0 Å². The minimum atomic E-state index is -4.58. The van der Waals surface area contributed by atoms with Gasteiger partial charge in [0, 0.05) is 27.7 Å². The van der Waals surface area contributed by atoms with Gasteiger partial charge in [0.1, 0.15) is 11.5 Å². The molecule has 0 saturated carbocycles. The van der Waals surface area contributed by atoms with E-state index in [0.29, 0.717) is 48.7 Å². The number of benzene rings is 6. The Balaban J connectivity index is 1.20. The fourth-order valence-electron chi connectivity index (χ4n) is 7.54. The number of hydrogen-bond donors (Lipinski definition) is 0. The van der Waals surface area contributed by atoms with Crippen molar-refractivity contribution in [2.24, 2.45) is 0 Å². The zero-order valence-corrected chi connectivity index (χ0v) is 40.5. The average molecular weight is 925 g/mol. The first kappa shape index (κ1) is 48.9. The van der Waals surface area contributed by atoms with Crippen molar-refractivity contribution in [3.63, 3.8) is 0 Å². The summed E-state index contributed by atoms with van der Waals surface area (Å²) >= 11 is 0. The average Bonchev–Trinajstić information content (AvgIpc) is 3.29. The zero-order chi connectivity index (χ0) is 46.8. The minimum Gasteiger partial charge on any atom is -0.400 e. The Bertz CT molecular complexity index is 2340. The third-order valence-corrected chi connectivity index (χ3v) is 13.2. The van der Waals surface area contributed by atoms with Crippen molar-refractivity contribution in [2.45, 2.75) is 100 Å². The van der Waals surface area contributed by atoms with Crippen LogP contribution in [0, 0.1) is 27.7 Å². The third-order valence-electron chi connectivity index (χ3n) is 11.3. The van der Waals surface area contributed by atoms with E-state index in [0.717, 1.165) is 55.6 Å². The second-order valence-corrected chi connectivity index (χ2v) is 18.8. The fourth-order valence-corrected chi connectivity index (χ4v) is 9.16. The Morgan fingerprint density at radius 2 is 0.631 bits per heavy atom. The van der Waals surface area contributed by atoms with E-state index in [1.807, 2.05) is 142 Å². The summed E-state index contributed by atoms with van der Waals surface area (Å²) < 4.78 is 62.2. The maximum absolute atomic E-state index is 14.3. The molecule has 0 radical (unpaired) electrons. The number of rotatable bonds is 22. The molecule has 344 valence electrons. The summed E-state index contributed by atoms with van der Waals surface area (Å²) in [6, 6.07) is 35.9. The fraction of sp³-hybridized carbons (Fsp3) is 0.294. The first-order valence-electron chi connectivity index (χ1n) is 21.7. The maximum Gasteiger partial charge on any atom is 0.604 e. The molecule has 0 aromatic heterocycles. The minimum absolute atomic E-state index is 0.178. The van der Waals surface area contributed by atoms with Gasteiger partial charge in [-0.1, -0.05) is 133 Å². The molecule has 0 bridgehead atoms. The van der Waals surface area contributed by atoms with Crippen LogP contribution >= 0.6 is 15.6 Å². The summed E-state index contributed by atoms with van der Waals surface area (Å²) in [6.45, 7) is 19.8. The molecule has 6 rings (SSSR count). The summed E-state index contributed by atoms with van der Waals surface area (Å²) in [6.07, 6.45) is 2.61. The van der Waals surface area contributed by atoms with Crippen molar-refractivity contribution in [2.75, 3.05) is 0 Å². The molecule has 0 unspecified atom stereocenters. The Morgan fingerprint density at radius 1 is 0.385 bits per heavy atom. The number of phosphoric acid groups is 2. The molecule has 0 fully saturated rings. The van der Waals surface area contributed by atoms with Gasteiger partial charge in [0.15, 0.2) is 23.0 Å². The molecule has 0 heterocycles. The lowest BCUT2D eigenvalue weighted by Crippen LogP contribution is -2.18. The van der Waals surface area contributed by atoms with Crippen molar-refractivity contribution in [3.05, 3.63) is 177 Å². The van der Waals surface area contributed by atoms with Crippen molar-refractivity contribution < 1.29 is 56.4 Å². The molecule has 0 amide bonds. The van der Waals surface area contributed by atoms with Gasteiger partial charge in [-0.3, -0.25) is 0 Å². The molecule has 0 N–H and O–H groups in total. The van der Waals surface area contributed by atoms with Crippen LogP contribution in [-0.4, -0.2) is 0 Å². The van der Waals surface area contributed by atoms with E-state index in [9.17, 15) is 9.13 Å². The lowest BCUT2D eigenvalue weighted by atomic mass is 9.78. The summed E-state index contributed by atoms with van der Waals surface area (Å²) in [5.74, 6) is 1.87. The summed E-state index contributed by atoms with van der Waals surface area (Å²) in [4.78, 5) is 22.5. The van der Waals surface area contributed by atoms with E-state index in [-0.39, 0.29) is 11.5 Å². The van der Waals surface area contributed by atoms with Crippen LogP contribution in [0.3, 0.4) is 0 Å². The van der Waals surface area contributed by atoms with Gasteiger partial charge >= 0.3 is 15.6 Å². The highest BCUT2D eigenvalue weighted by Crippen LogP contribution is 2.52. The van der Waals surface area contributed by atoms with Crippen LogP contribution in [0.4, 0.5) is 0 Å². The molecule has 12 nitrogen and oxygen atoms in total. The molecule has 65 heavy (non-hydrogen) atoms. The molecule has 0 aliphatic rings. The van der Waals surface area contributed by atoms with Gasteiger partial charge in [0.25, 0.3) is 0 Å². The van der Waals surface area contributed by atoms with Crippen molar-refractivity contribution >= 4 is 15.6 Å². The molecule has 0 saturated heterocycles. The van der Waals surface area contributed by atoms with Gasteiger partial charge in [0.2, 0.25) is 0 Å². The number of aryl methyl sites for hydroxylation is 4. The molecular formula is C51H58O12P2. The maximum atomic E-state index is 14.3. The van der Waals surface area contributed by atoms with E-state index in [1.54, 1.807) is 48.5 Å². The van der Waals surface area contributed by atoms with Crippen molar-refractivity contribution in [3.8, 4) is 34.5 Å². The van der Waals surface area contributed by atoms with E-state index in [2.05, 4.69) is 0 Å². The van der Waals surface area contributed by atoms with Crippen molar-refractivity contribution in [1.29, 1.82) is 0 Å². The van der Waals surface area contributed by atoms with E-state index < -0.39 is 21.1 Å². The predicted molar refractivity (Wildman–Crippen MR) is 251 cm³/mol. The van der Waals surface area contributed by atoms with Crippen LogP contribution in [0.25, 0.3) is 0 Å². The summed E-state index contributed by atoms with van der Waals surface area (Å²) in [7, 11) is -9.16. The molecule has 0 spiro atoms. The van der Waals surface area contributed by atoms with Gasteiger partial charge in [-0.2, -0.15) is 0 Å². The van der Waals surface area contributed by atoms with Crippen LogP contribution in [0.15, 0.2) is 121 Å². The van der Waals surface area contributed by atoms with Crippen LogP contribution in [0.1, 0.15) is 97.2 Å². The Kier molecular flexibility index (Phi) is 16.2. The highest BCUT2D eigenvalue weighted by atomic mass is 31.2. The van der Waals surface area contributed by atoms with Gasteiger partial charge < -0.3 is 28.6 Å². The molecular weight excluding hydrogens is 866 g/mol. The van der Waals surface area contributed by atoms with Gasteiger partial charge in [-0.15, -0.1) is 0 Å². The van der Waals surface area contributed by atoms with Crippen LogP contribution in [0.2, 0.25) is 0 Å².